The van der Waals surface area contributed by atoms with Crippen LogP contribution in [0.4, 0.5) is 10.1 Å². The van der Waals surface area contributed by atoms with E-state index >= 15 is 4.39 Å². The number of carbonyl (C=O) groups is 1. The Morgan fingerprint density at radius 2 is 1.66 bits per heavy atom. The van der Waals surface area contributed by atoms with Crippen molar-refractivity contribution in [1.82, 2.24) is 9.47 Å². The summed E-state index contributed by atoms with van der Waals surface area (Å²) in [4.78, 5) is 66.2. The van der Waals surface area contributed by atoms with Crippen molar-refractivity contribution >= 4 is 54.6 Å². The summed E-state index contributed by atoms with van der Waals surface area (Å²) in [6.07, 6.45) is 0.818. The summed E-state index contributed by atoms with van der Waals surface area (Å²) in [5.74, 6) is -1.96. The number of piperazine rings is 1. The van der Waals surface area contributed by atoms with Crippen LogP contribution >= 0.6 is 26.5 Å². The highest BCUT2D eigenvalue weighted by Crippen LogP contribution is 2.60. The summed E-state index contributed by atoms with van der Waals surface area (Å²) in [6, 6.07) is 9.27. The first kappa shape index (κ1) is 31.3. The van der Waals surface area contributed by atoms with Crippen molar-refractivity contribution in [2.45, 2.75) is 30.2 Å². The van der Waals surface area contributed by atoms with E-state index in [1.165, 1.54) is 6.20 Å². The van der Waals surface area contributed by atoms with Crippen LogP contribution in [-0.2, 0) is 22.1 Å². The number of hydrogen-bond donors (Lipinski definition) is 6. The lowest BCUT2D eigenvalue weighted by Gasteiger charge is -2.34. The van der Waals surface area contributed by atoms with Gasteiger partial charge < -0.3 is 34.1 Å². The summed E-state index contributed by atoms with van der Waals surface area (Å²) in [7, 11) is -10.0. The van der Waals surface area contributed by atoms with Gasteiger partial charge in [0.1, 0.15) is 11.4 Å². The van der Waals surface area contributed by atoms with E-state index < -0.39 is 49.8 Å². The smallest absolute Gasteiger partial charge is 0.341 e. The Morgan fingerprint density at radius 3 is 2.20 bits per heavy atom. The molecule has 1 fully saturated rings. The zero-order chi connectivity index (χ0) is 30.1. The number of nitrogens with zero attached hydrogens (tertiary/aromatic N) is 3. The van der Waals surface area contributed by atoms with Gasteiger partial charge in [-0.3, -0.25) is 18.8 Å². The zero-order valence-corrected chi connectivity index (χ0v) is 24.6. The average molecular weight is 630 g/mol. The van der Waals surface area contributed by atoms with Crippen LogP contribution in [0.15, 0.2) is 52.3 Å². The number of carboxylic acids is 1. The molecule has 1 aliphatic heterocycles. The lowest BCUT2D eigenvalue weighted by molar-refractivity contribution is 0.0694. The summed E-state index contributed by atoms with van der Waals surface area (Å²) >= 11 is 0.825. The largest absolute Gasteiger partial charge is 0.477 e. The SMILES string of the molecule is CCn1cc(C(=O)O)c(=O)c2cc(F)c(N3CCN(C=[SH]c4ccc(CC(P(=O)(O)O)P(=O)(O)O)cc4)CC3)cc21. The number of halogens is 1. The summed E-state index contributed by atoms with van der Waals surface area (Å²) in [6.45, 7) is 4.40. The Hall–Kier alpha value is -2.67. The fourth-order valence-electron chi connectivity index (χ4n) is 4.65. The molecule has 0 aliphatic carbocycles. The number of aromatic nitrogens is 1. The molecule has 2 heterocycles. The van der Waals surface area contributed by atoms with Gasteiger partial charge in [-0.05, 0) is 48.1 Å². The second-order valence-electron chi connectivity index (χ2n) is 9.58. The molecule has 1 aliphatic rings. The lowest BCUT2D eigenvalue weighted by Crippen LogP contribution is -2.45. The first-order chi connectivity index (χ1) is 19.2. The van der Waals surface area contributed by atoms with E-state index in [-0.39, 0.29) is 5.39 Å². The van der Waals surface area contributed by atoms with E-state index in [1.54, 1.807) is 41.8 Å². The van der Waals surface area contributed by atoms with Gasteiger partial charge in [0.2, 0.25) is 5.43 Å². The number of pyridine rings is 1. The van der Waals surface area contributed by atoms with Gasteiger partial charge in [-0.25, -0.2) is 9.18 Å². The number of aromatic carboxylic acids is 1. The third kappa shape index (κ3) is 7.22. The van der Waals surface area contributed by atoms with E-state index in [1.807, 2.05) is 10.4 Å². The summed E-state index contributed by atoms with van der Waals surface area (Å²) in [5.41, 5.74) is 2.01. The molecule has 3 aromatic rings. The predicted octanol–water partition coefficient (Wildman–Crippen LogP) is 2.49. The highest BCUT2D eigenvalue weighted by molar-refractivity contribution is 7.97. The van der Waals surface area contributed by atoms with Gasteiger partial charge in [0, 0.05) is 49.8 Å². The Morgan fingerprint density at radius 1 is 1.05 bits per heavy atom. The van der Waals surface area contributed by atoms with Crippen molar-refractivity contribution in [3.63, 3.8) is 0 Å². The number of fused-ring (bicyclic) bond motifs is 1. The third-order valence-electron chi connectivity index (χ3n) is 6.88. The average Bonchev–Trinajstić information content (AvgIpc) is 2.90. The maximum absolute atomic E-state index is 15.1. The molecule has 0 radical (unpaired) electrons. The molecule has 2 aromatic carbocycles. The number of aryl methyl sites for hydroxylation is 1. The van der Waals surface area contributed by atoms with Crippen LogP contribution in [0.1, 0.15) is 22.8 Å². The van der Waals surface area contributed by atoms with Crippen molar-refractivity contribution < 1.29 is 43.0 Å². The first-order valence-corrected chi connectivity index (χ1v) is 16.8. The van der Waals surface area contributed by atoms with Crippen molar-refractivity contribution in [3.8, 4) is 0 Å². The molecule has 1 saturated heterocycles. The van der Waals surface area contributed by atoms with Crippen molar-refractivity contribution in [3.05, 3.63) is 69.8 Å². The maximum Gasteiger partial charge on any atom is 0.341 e. The van der Waals surface area contributed by atoms with Crippen molar-refractivity contribution in [2.75, 3.05) is 31.1 Å². The lowest BCUT2D eigenvalue weighted by atomic mass is 10.1. The Kier molecular flexibility index (Phi) is 9.37. The van der Waals surface area contributed by atoms with E-state index in [0.717, 1.165) is 22.3 Å². The van der Waals surface area contributed by atoms with Crippen molar-refractivity contribution in [1.29, 1.82) is 0 Å². The number of anilines is 1. The quantitative estimate of drug-likeness (QED) is 0.116. The van der Waals surface area contributed by atoms with Crippen LogP contribution in [-0.4, -0.2) is 77.2 Å². The van der Waals surface area contributed by atoms with Gasteiger partial charge in [0.15, 0.2) is 5.40 Å². The summed E-state index contributed by atoms with van der Waals surface area (Å²) in [5, 5.41) is 7.26. The number of carboxylic acid groups (broad SMARTS) is 1. The molecule has 0 spiro atoms. The molecule has 5 N–H and O–H groups in total. The molecular weight excluding hydrogens is 599 g/mol. The molecule has 0 saturated carbocycles. The van der Waals surface area contributed by atoms with Gasteiger partial charge in [-0.2, -0.15) is 11.4 Å². The number of benzene rings is 2. The third-order valence-corrected chi connectivity index (χ3v) is 11.6. The van der Waals surface area contributed by atoms with Crippen LogP contribution in [0.25, 0.3) is 10.9 Å². The zero-order valence-electron chi connectivity index (χ0n) is 21.9. The Labute approximate surface area is 237 Å². The minimum Gasteiger partial charge on any atom is -0.477 e. The fourth-order valence-corrected chi connectivity index (χ4v) is 7.96. The van der Waals surface area contributed by atoms with Gasteiger partial charge in [0.05, 0.1) is 11.2 Å². The molecule has 16 heteroatoms. The summed E-state index contributed by atoms with van der Waals surface area (Å²) < 4.78 is 39.8. The monoisotopic (exact) mass is 629 g/mol. The van der Waals surface area contributed by atoms with Gasteiger partial charge >= 0.3 is 21.2 Å². The number of thiol groups is 1. The van der Waals surface area contributed by atoms with E-state index in [9.17, 15) is 43.4 Å². The van der Waals surface area contributed by atoms with Crippen LogP contribution in [0.3, 0.4) is 0 Å². The van der Waals surface area contributed by atoms with Gasteiger partial charge in [-0.15, -0.1) is 0 Å². The Bertz CT molecular complexity index is 1620. The second kappa shape index (κ2) is 12.3. The van der Waals surface area contributed by atoms with Crippen LogP contribution < -0.4 is 10.3 Å². The van der Waals surface area contributed by atoms with Gasteiger partial charge in [0.25, 0.3) is 0 Å². The molecule has 12 nitrogen and oxygen atoms in total. The standard InChI is InChI=1S/C25H30FN3O9P2S/c1-2-28-14-19(25(31)32)24(30)18-12-20(26)22(13-21(18)28)29-9-7-27(8-10-29)15-41-17-5-3-16(4-6-17)11-23(39(33,34)35)40(36,37)38/h3-6,12-15,23,41H,2,7-11H2,1H3,(H,31,32)(H2,33,34,35)(H2,36,37,38). The number of hydrogen-bond acceptors (Lipinski definition) is 5. The molecule has 4 rings (SSSR count). The minimum atomic E-state index is -5.00. The number of rotatable bonds is 9. The molecule has 41 heavy (non-hydrogen) atoms. The molecule has 1 aromatic heterocycles. The molecule has 222 valence electrons. The highest BCUT2D eigenvalue weighted by atomic mass is 32.1. The highest BCUT2D eigenvalue weighted by Gasteiger charge is 2.43. The second-order valence-corrected chi connectivity index (χ2v) is 14.6. The van der Waals surface area contributed by atoms with E-state index in [2.05, 4.69) is 4.90 Å². The van der Waals surface area contributed by atoms with Crippen LogP contribution in [0.2, 0.25) is 0 Å². The molecule has 0 bridgehead atoms. The minimum absolute atomic E-state index is 0.0174. The van der Waals surface area contributed by atoms with E-state index in [4.69, 9.17) is 0 Å². The van der Waals surface area contributed by atoms with E-state index in [0.29, 0.717) is 49.5 Å². The Balaban J connectivity index is 1.43. The molecule has 0 unspecified atom stereocenters. The first-order valence-electron chi connectivity index (χ1n) is 12.5. The molecule has 0 atom stereocenters. The van der Waals surface area contributed by atoms with Crippen molar-refractivity contribution in [2.24, 2.45) is 0 Å². The molecular formula is C25H30FN3O9P2S. The fraction of sp³-hybridized carbons (Fsp3) is 0.320. The maximum atomic E-state index is 15.1. The predicted molar refractivity (Wildman–Crippen MR) is 156 cm³/mol. The van der Waals surface area contributed by atoms with Crippen LogP contribution in [0, 0.1) is 5.82 Å². The topological polar surface area (TPSA) is 181 Å². The van der Waals surface area contributed by atoms with Crippen LogP contribution in [0.5, 0.6) is 0 Å². The normalized spacial score (nSPS) is 15.5. The molecule has 0 amide bonds. The van der Waals surface area contributed by atoms with Gasteiger partial charge in [-0.1, -0.05) is 12.1 Å².